The van der Waals surface area contributed by atoms with Gasteiger partial charge in [0, 0.05) is 43.8 Å². The standard InChI is InChI=1S/C40H14F12N4/c41-37(42,43)21-7-3-17-29-19(5-9-23(31(21)29)39(47,48)49)35-33(17)53-25-11-1-15(13-27(25)55-35)16-2-12-26-28(14-16)56-36-20-6-10-24(40(50,51)52)32-22(38(44,45)46)8-4-18(30(20)32)34(36)54-26/h1-14H. The van der Waals surface area contributed by atoms with Crippen LogP contribution in [0.2, 0.25) is 0 Å². The van der Waals surface area contributed by atoms with E-state index in [4.69, 9.17) is 0 Å². The Kier molecular flexibility index (Phi) is 6.54. The molecule has 0 N–H and O–H groups in total. The summed E-state index contributed by atoms with van der Waals surface area (Å²) >= 11 is 0. The van der Waals surface area contributed by atoms with Gasteiger partial charge in [-0.2, -0.15) is 52.7 Å². The minimum atomic E-state index is -5.08. The molecule has 0 spiro atoms. The zero-order chi connectivity index (χ0) is 39.4. The van der Waals surface area contributed by atoms with Gasteiger partial charge in [0.15, 0.2) is 0 Å². The van der Waals surface area contributed by atoms with E-state index >= 15 is 0 Å². The van der Waals surface area contributed by atoms with E-state index in [1.165, 1.54) is 0 Å². The number of halogens is 12. The molecule has 2 aromatic heterocycles. The van der Waals surface area contributed by atoms with Crippen LogP contribution in [0.25, 0.3) is 99.8 Å². The number of nitrogens with zero attached hydrogens (tertiary/aromatic N) is 4. The fourth-order valence-electron chi connectivity index (χ4n) is 7.94. The van der Waals surface area contributed by atoms with Crippen LogP contribution in [0.1, 0.15) is 22.3 Å². The summed E-state index contributed by atoms with van der Waals surface area (Å²) in [6.45, 7) is 0. The van der Waals surface area contributed by atoms with Crippen LogP contribution in [0, 0.1) is 0 Å². The predicted octanol–water partition coefficient (Wildman–Crippen LogP) is 12.9. The number of aromatic nitrogens is 4. The van der Waals surface area contributed by atoms with E-state index < -0.39 is 57.7 Å². The number of fused-ring (bicyclic) bond motifs is 8. The van der Waals surface area contributed by atoms with Crippen molar-refractivity contribution in [1.29, 1.82) is 0 Å². The Morgan fingerprint density at radius 1 is 0.286 bits per heavy atom. The predicted molar refractivity (Wildman–Crippen MR) is 182 cm³/mol. The molecule has 6 aromatic carbocycles. The molecule has 0 aliphatic heterocycles. The molecule has 0 radical (unpaired) electrons. The Labute approximate surface area is 304 Å². The lowest BCUT2D eigenvalue weighted by Gasteiger charge is -2.17. The summed E-state index contributed by atoms with van der Waals surface area (Å²) in [5, 5.41) is -2.51. The normalized spacial score (nSPS) is 13.7. The molecule has 278 valence electrons. The van der Waals surface area contributed by atoms with Crippen molar-refractivity contribution >= 4 is 43.6 Å². The third-order valence-corrected chi connectivity index (χ3v) is 10.2. The van der Waals surface area contributed by atoms with Crippen LogP contribution in [-0.4, -0.2) is 19.9 Å². The van der Waals surface area contributed by atoms with Crippen molar-refractivity contribution in [2.75, 3.05) is 0 Å². The highest BCUT2D eigenvalue weighted by Crippen LogP contribution is 2.54. The van der Waals surface area contributed by atoms with Crippen molar-refractivity contribution < 1.29 is 52.7 Å². The Morgan fingerprint density at radius 2 is 0.554 bits per heavy atom. The molecule has 0 saturated carbocycles. The number of benzene rings is 6. The number of alkyl halides is 12. The summed E-state index contributed by atoms with van der Waals surface area (Å²) in [4.78, 5) is 18.5. The van der Waals surface area contributed by atoms with Crippen LogP contribution < -0.4 is 0 Å². The topological polar surface area (TPSA) is 51.6 Å². The van der Waals surface area contributed by atoms with E-state index in [-0.39, 0.29) is 66.8 Å². The van der Waals surface area contributed by atoms with E-state index in [1.807, 2.05) is 0 Å². The smallest absolute Gasteiger partial charge is 0.244 e. The van der Waals surface area contributed by atoms with Crippen molar-refractivity contribution in [2.24, 2.45) is 0 Å². The number of rotatable bonds is 1. The van der Waals surface area contributed by atoms with Crippen LogP contribution in [0.5, 0.6) is 0 Å². The van der Waals surface area contributed by atoms with Crippen molar-refractivity contribution in [3.63, 3.8) is 0 Å². The van der Waals surface area contributed by atoms with E-state index in [2.05, 4.69) is 19.9 Å². The second kappa shape index (κ2) is 10.7. The third-order valence-electron chi connectivity index (χ3n) is 10.2. The number of hydrogen-bond acceptors (Lipinski definition) is 4. The lowest BCUT2D eigenvalue weighted by molar-refractivity contribution is -0.141. The Hall–Kier alpha value is -6.32. The van der Waals surface area contributed by atoms with Crippen LogP contribution in [0.4, 0.5) is 52.7 Å². The molecule has 16 heteroatoms. The fraction of sp³-hybridized carbons (Fsp3) is 0.100. The van der Waals surface area contributed by atoms with Crippen molar-refractivity contribution in [3.05, 3.63) is 107 Å². The second-order valence-electron chi connectivity index (χ2n) is 13.4. The molecule has 2 aliphatic rings. The highest BCUT2D eigenvalue weighted by Gasteiger charge is 2.44. The summed E-state index contributed by atoms with van der Waals surface area (Å²) in [6, 6.07) is 16.5. The highest BCUT2D eigenvalue weighted by molar-refractivity contribution is 6.17. The molecule has 2 heterocycles. The summed E-state index contributed by atoms with van der Waals surface area (Å²) in [5.74, 6) is 0. The monoisotopic (exact) mass is 778 g/mol. The maximum atomic E-state index is 14.0. The molecule has 10 rings (SSSR count). The summed E-state index contributed by atoms with van der Waals surface area (Å²) < 4.78 is 168. The minimum absolute atomic E-state index is 0.0551. The van der Waals surface area contributed by atoms with Gasteiger partial charge >= 0.3 is 24.7 Å². The van der Waals surface area contributed by atoms with Gasteiger partial charge in [-0.05, 0) is 59.7 Å². The quantitative estimate of drug-likeness (QED) is 0.156. The first kappa shape index (κ1) is 34.2. The van der Waals surface area contributed by atoms with Crippen molar-refractivity contribution in [1.82, 2.24) is 19.9 Å². The molecule has 2 aliphatic carbocycles. The molecule has 0 amide bonds. The van der Waals surface area contributed by atoms with Crippen LogP contribution in [0.3, 0.4) is 0 Å². The average Bonchev–Trinajstić information content (AvgIpc) is 3.60. The maximum absolute atomic E-state index is 14.0. The Balaban J connectivity index is 1.10. The van der Waals surface area contributed by atoms with E-state index in [1.54, 1.807) is 36.4 Å². The summed E-state index contributed by atoms with van der Waals surface area (Å²) in [6.07, 6.45) is -20.3. The van der Waals surface area contributed by atoms with Gasteiger partial charge in [0.2, 0.25) is 0 Å². The molecule has 0 atom stereocenters. The zero-order valence-corrected chi connectivity index (χ0v) is 27.4. The van der Waals surface area contributed by atoms with E-state index in [9.17, 15) is 52.7 Å². The average molecular weight is 779 g/mol. The molecular formula is C40H14F12N4. The molecule has 56 heavy (non-hydrogen) atoms. The number of hydrogen-bond donors (Lipinski definition) is 0. The first-order valence-corrected chi connectivity index (χ1v) is 16.4. The van der Waals surface area contributed by atoms with Gasteiger partial charge in [-0.1, -0.05) is 36.4 Å². The van der Waals surface area contributed by atoms with E-state index in [0.29, 0.717) is 46.4 Å². The molecule has 4 nitrogen and oxygen atoms in total. The van der Waals surface area contributed by atoms with E-state index in [0.717, 1.165) is 24.3 Å². The molecule has 0 unspecified atom stereocenters. The molecular weight excluding hydrogens is 764 g/mol. The fourth-order valence-corrected chi connectivity index (χ4v) is 7.94. The zero-order valence-electron chi connectivity index (χ0n) is 27.4. The maximum Gasteiger partial charge on any atom is 0.417 e. The van der Waals surface area contributed by atoms with Gasteiger partial charge in [-0.3, -0.25) is 0 Å². The largest absolute Gasteiger partial charge is 0.417 e. The van der Waals surface area contributed by atoms with Crippen molar-refractivity contribution in [2.45, 2.75) is 24.7 Å². The Morgan fingerprint density at radius 3 is 0.821 bits per heavy atom. The lowest BCUT2D eigenvalue weighted by Crippen LogP contribution is -2.12. The van der Waals surface area contributed by atoms with Gasteiger partial charge in [0.25, 0.3) is 0 Å². The third kappa shape index (κ3) is 4.76. The van der Waals surface area contributed by atoms with Crippen LogP contribution >= 0.6 is 0 Å². The SMILES string of the molecule is FC(F)(F)c1ccc2c3c(ccc(C(F)(F)F)c13)-c1nc3cc(-c4ccc5nc6c(nc5c4)-c4ccc(C(F)(F)F)c5c(C(F)(F)F)ccc-6c45)ccc3nc1-2. The Bertz CT molecular complexity index is 2840. The molecule has 0 fully saturated rings. The van der Waals surface area contributed by atoms with Gasteiger partial charge in [0.1, 0.15) is 0 Å². The molecule has 0 bridgehead atoms. The molecule has 8 aromatic rings. The second-order valence-corrected chi connectivity index (χ2v) is 13.4. The van der Waals surface area contributed by atoms with Crippen LogP contribution in [-0.2, 0) is 24.7 Å². The minimum Gasteiger partial charge on any atom is -0.244 e. The van der Waals surface area contributed by atoms with Crippen molar-refractivity contribution in [3.8, 4) is 56.2 Å². The van der Waals surface area contributed by atoms with Gasteiger partial charge in [0.05, 0.1) is 67.1 Å². The van der Waals surface area contributed by atoms with Crippen LogP contribution in [0.15, 0.2) is 84.9 Å². The first-order chi connectivity index (χ1) is 26.3. The molecule has 0 saturated heterocycles. The van der Waals surface area contributed by atoms with Gasteiger partial charge < -0.3 is 0 Å². The first-order valence-electron chi connectivity index (χ1n) is 16.4. The highest BCUT2D eigenvalue weighted by atomic mass is 19.4. The summed E-state index contributed by atoms with van der Waals surface area (Å²) in [5.41, 5.74) is -2.86. The van der Waals surface area contributed by atoms with Gasteiger partial charge in [-0.25, -0.2) is 19.9 Å². The van der Waals surface area contributed by atoms with Gasteiger partial charge in [-0.15, -0.1) is 0 Å². The summed E-state index contributed by atoms with van der Waals surface area (Å²) in [7, 11) is 0. The lowest BCUT2D eigenvalue weighted by atomic mass is 9.94.